The van der Waals surface area contributed by atoms with Crippen LogP contribution in [0.1, 0.15) is 0 Å². The first kappa shape index (κ1) is 26.3. The molecule has 3 heteroatoms. The van der Waals surface area contributed by atoms with Gasteiger partial charge in [0.25, 0.3) is 0 Å². The number of fused-ring (bicyclic) bond motifs is 6. The number of para-hydroxylation sites is 2. The van der Waals surface area contributed by atoms with Crippen LogP contribution in [-0.4, -0.2) is 4.57 Å². The summed E-state index contributed by atoms with van der Waals surface area (Å²) in [6, 6.07) is 56.7. The molecule has 9 aromatic rings. The van der Waals surface area contributed by atoms with Crippen molar-refractivity contribution in [1.82, 2.24) is 4.57 Å². The molecule has 0 unspecified atom stereocenters. The van der Waals surface area contributed by atoms with Gasteiger partial charge in [-0.25, -0.2) is 0 Å². The summed E-state index contributed by atoms with van der Waals surface area (Å²) in [5.74, 6) is 0. The van der Waals surface area contributed by atoms with E-state index >= 15 is 0 Å². The monoisotopic (exact) mass is 611 g/mol. The van der Waals surface area contributed by atoms with Gasteiger partial charge in [0.15, 0.2) is 0 Å². The minimum Gasteiger partial charge on any atom is -0.309 e. The van der Waals surface area contributed by atoms with Crippen LogP contribution >= 0.6 is 22.9 Å². The normalized spacial score (nSPS) is 11.7. The maximum atomic E-state index is 6.61. The highest BCUT2D eigenvalue weighted by molar-refractivity contribution is 7.25. The molecule has 0 saturated carbocycles. The quantitative estimate of drug-likeness (QED) is 0.186. The van der Waals surface area contributed by atoms with E-state index in [0.29, 0.717) is 0 Å². The van der Waals surface area contributed by atoms with Crippen LogP contribution in [0.5, 0.6) is 0 Å². The first-order valence-electron chi connectivity index (χ1n) is 15.1. The van der Waals surface area contributed by atoms with Crippen molar-refractivity contribution in [3.63, 3.8) is 0 Å². The van der Waals surface area contributed by atoms with E-state index in [1.165, 1.54) is 69.9 Å². The summed E-state index contributed by atoms with van der Waals surface area (Å²) in [6.45, 7) is 0. The molecule has 0 N–H and O–H groups in total. The summed E-state index contributed by atoms with van der Waals surface area (Å²) in [5.41, 5.74) is 10.6. The van der Waals surface area contributed by atoms with E-state index in [9.17, 15) is 0 Å². The Balaban J connectivity index is 1.15. The molecule has 1 nitrogen and oxygen atoms in total. The molecule has 0 aliphatic carbocycles. The topological polar surface area (TPSA) is 4.93 Å². The zero-order chi connectivity index (χ0) is 29.9. The number of nitrogens with zero attached hydrogens (tertiary/aromatic N) is 1. The van der Waals surface area contributed by atoms with E-state index in [1.807, 2.05) is 23.5 Å². The Bertz CT molecular complexity index is 2540. The molecule has 9 rings (SSSR count). The summed E-state index contributed by atoms with van der Waals surface area (Å²) in [6.07, 6.45) is 0. The van der Waals surface area contributed by atoms with Crippen LogP contribution in [0.15, 0.2) is 158 Å². The lowest BCUT2D eigenvalue weighted by atomic mass is 9.98. The second-order valence-electron chi connectivity index (χ2n) is 11.5. The lowest BCUT2D eigenvalue weighted by Gasteiger charge is -2.09. The molecular formula is C42H26ClNS. The van der Waals surface area contributed by atoms with E-state index in [0.717, 1.165) is 16.1 Å². The number of hydrogen-bond acceptors (Lipinski definition) is 1. The summed E-state index contributed by atoms with van der Waals surface area (Å²) < 4.78 is 4.95. The Morgan fingerprint density at radius 1 is 0.378 bits per heavy atom. The Morgan fingerprint density at radius 2 is 1.00 bits per heavy atom. The van der Waals surface area contributed by atoms with Gasteiger partial charge in [-0.1, -0.05) is 109 Å². The third-order valence-corrected chi connectivity index (χ3v) is 10.2. The van der Waals surface area contributed by atoms with Crippen molar-refractivity contribution in [2.75, 3.05) is 0 Å². The van der Waals surface area contributed by atoms with Crippen molar-refractivity contribution in [2.45, 2.75) is 0 Å². The van der Waals surface area contributed by atoms with E-state index < -0.39 is 0 Å². The average Bonchev–Trinajstić information content (AvgIpc) is 3.63. The fourth-order valence-electron chi connectivity index (χ4n) is 6.70. The van der Waals surface area contributed by atoms with E-state index in [1.54, 1.807) is 0 Å². The Morgan fingerprint density at radius 3 is 1.82 bits per heavy atom. The van der Waals surface area contributed by atoms with Gasteiger partial charge in [0.2, 0.25) is 0 Å². The highest BCUT2D eigenvalue weighted by atomic mass is 35.5. The zero-order valence-electron chi connectivity index (χ0n) is 24.2. The molecule has 0 amide bonds. The number of benzene rings is 7. The highest BCUT2D eigenvalue weighted by Crippen LogP contribution is 2.41. The Labute approximate surface area is 270 Å². The van der Waals surface area contributed by atoms with Gasteiger partial charge in [0.05, 0.1) is 11.0 Å². The molecule has 0 fully saturated rings. The fraction of sp³-hybridized carbons (Fsp3) is 0. The average molecular weight is 612 g/mol. The van der Waals surface area contributed by atoms with Crippen molar-refractivity contribution >= 4 is 64.9 Å². The van der Waals surface area contributed by atoms with Crippen molar-refractivity contribution in [1.29, 1.82) is 0 Å². The summed E-state index contributed by atoms with van der Waals surface area (Å²) in [5, 5.41) is 5.86. The molecular weight excluding hydrogens is 586 g/mol. The number of halogens is 1. The van der Waals surface area contributed by atoms with Crippen LogP contribution in [0.2, 0.25) is 5.02 Å². The molecule has 2 heterocycles. The number of hydrogen-bond donors (Lipinski definition) is 0. The summed E-state index contributed by atoms with van der Waals surface area (Å²) in [4.78, 5) is 0. The van der Waals surface area contributed by atoms with Crippen molar-refractivity contribution < 1.29 is 0 Å². The summed E-state index contributed by atoms with van der Waals surface area (Å²) in [7, 11) is 0. The largest absolute Gasteiger partial charge is 0.309 e. The lowest BCUT2D eigenvalue weighted by molar-refractivity contribution is 1.18. The van der Waals surface area contributed by atoms with Crippen LogP contribution in [0, 0.1) is 0 Å². The molecule has 2 aromatic heterocycles. The number of rotatable bonds is 4. The van der Waals surface area contributed by atoms with Crippen LogP contribution in [-0.2, 0) is 0 Å². The molecule has 0 spiro atoms. The zero-order valence-corrected chi connectivity index (χ0v) is 25.8. The fourth-order valence-corrected chi connectivity index (χ4v) is 8.06. The van der Waals surface area contributed by atoms with Crippen LogP contribution in [0.4, 0.5) is 0 Å². The second-order valence-corrected chi connectivity index (χ2v) is 13.1. The second kappa shape index (κ2) is 10.5. The molecule has 7 aromatic carbocycles. The maximum absolute atomic E-state index is 6.61. The minimum atomic E-state index is 0.746. The van der Waals surface area contributed by atoms with Gasteiger partial charge >= 0.3 is 0 Å². The predicted molar refractivity (Wildman–Crippen MR) is 195 cm³/mol. The third-order valence-electron chi connectivity index (χ3n) is 8.83. The van der Waals surface area contributed by atoms with Gasteiger partial charge in [-0.05, 0) is 94.0 Å². The van der Waals surface area contributed by atoms with Gasteiger partial charge in [-0.2, -0.15) is 0 Å². The van der Waals surface area contributed by atoms with Crippen molar-refractivity contribution in [2.24, 2.45) is 0 Å². The first-order valence-corrected chi connectivity index (χ1v) is 16.3. The van der Waals surface area contributed by atoms with E-state index in [2.05, 4.69) is 150 Å². The van der Waals surface area contributed by atoms with E-state index in [-0.39, 0.29) is 0 Å². The highest BCUT2D eigenvalue weighted by Gasteiger charge is 2.14. The van der Waals surface area contributed by atoms with Gasteiger partial charge < -0.3 is 4.57 Å². The maximum Gasteiger partial charge on any atom is 0.0547 e. The molecule has 0 bridgehead atoms. The van der Waals surface area contributed by atoms with Crippen molar-refractivity contribution in [3.05, 3.63) is 163 Å². The predicted octanol–water partition coefficient (Wildman–Crippen LogP) is 12.8. The molecule has 0 saturated heterocycles. The number of aromatic nitrogens is 1. The smallest absolute Gasteiger partial charge is 0.0547 e. The van der Waals surface area contributed by atoms with Crippen LogP contribution in [0.3, 0.4) is 0 Å². The van der Waals surface area contributed by atoms with E-state index in [4.69, 9.17) is 11.6 Å². The molecule has 212 valence electrons. The van der Waals surface area contributed by atoms with Gasteiger partial charge in [0, 0.05) is 41.7 Å². The standard InChI is InChI=1S/C42H26ClNS/c43-33-22-31(27-9-3-1-4-10-27)21-32(23-33)30-16-19-37-38-24-28(17-20-41(38)45-42(37)26-30)29-15-18-36-35-13-7-8-14-39(35)44(40(36)25-29)34-11-5-2-6-12-34/h1-26H. The third kappa shape index (κ3) is 4.45. The van der Waals surface area contributed by atoms with Gasteiger partial charge in [-0.15, -0.1) is 11.3 Å². The molecule has 45 heavy (non-hydrogen) atoms. The van der Waals surface area contributed by atoms with Gasteiger partial charge in [0.1, 0.15) is 0 Å². The van der Waals surface area contributed by atoms with Crippen LogP contribution in [0.25, 0.3) is 81.0 Å². The minimum absolute atomic E-state index is 0.746. The number of thiophene rings is 1. The first-order chi connectivity index (χ1) is 22.2. The lowest BCUT2D eigenvalue weighted by Crippen LogP contribution is -1.93. The van der Waals surface area contributed by atoms with Gasteiger partial charge in [-0.3, -0.25) is 0 Å². The van der Waals surface area contributed by atoms with Crippen molar-refractivity contribution in [3.8, 4) is 39.1 Å². The Hall–Kier alpha value is -5.15. The van der Waals surface area contributed by atoms with Crippen LogP contribution < -0.4 is 0 Å². The molecule has 0 atom stereocenters. The summed E-state index contributed by atoms with van der Waals surface area (Å²) >= 11 is 8.46. The molecule has 0 aliphatic rings. The Kier molecular flexibility index (Phi) is 6.12. The molecule has 0 radical (unpaired) electrons. The SMILES string of the molecule is Clc1cc(-c2ccccc2)cc(-c2ccc3c(c2)sc2ccc(-c4ccc5c6ccccc6n(-c6ccccc6)c5c4)cc23)c1. The molecule has 0 aliphatic heterocycles.